The average Bonchev–Trinajstić information content (AvgIpc) is 3.62. The molecule has 2 aliphatic rings. The molecule has 1 aromatic rings. The Morgan fingerprint density at radius 3 is 2.28 bits per heavy atom. The molecule has 1 aromatic heterocycles. The van der Waals surface area contributed by atoms with Crippen LogP contribution in [-0.4, -0.2) is 76.8 Å². The molecular formula is C29H49N3O6Si. The first-order valence-corrected chi connectivity index (χ1v) is 17.3. The van der Waals surface area contributed by atoms with E-state index in [4.69, 9.17) is 18.6 Å². The molecule has 220 valence electrons. The second-order valence-electron chi connectivity index (χ2n) is 12.4. The summed E-state index contributed by atoms with van der Waals surface area (Å²) in [6.45, 7) is 19.8. The van der Waals surface area contributed by atoms with Crippen molar-refractivity contribution in [1.29, 1.82) is 0 Å². The minimum atomic E-state index is -1.78. The molecule has 0 radical (unpaired) electrons. The summed E-state index contributed by atoms with van der Waals surface area (Å²) in [5, 5.41) is 3.09. The molecule has 3 rings (SSSR count). The van der Waals surface area contributed by atoms with Gasteiger partial charge in [0.1, 0.15) is 16.9 Å². The van der Waals surface area contributed by atoms with Crippen LogP contribution in [0.3, 0.4) is 0 Å². The van der Waals surface area contributed by atoms with Gasteiger partial charge in [-0.05, 0) is 68.3 Å². The third-order valence-corrected chi connectivity index (χ3v) is 13.3. The maximum absolute atomic E-state index is 13.3. The number of carbonyl (C=O) groups is 2. The van der Waals surface area contributed by atoms with E-state index in [9.17, 15) is 9.59 Å². The normalized spacial score (nSPS) is 19.9. The van der Waals surface area contributed by atoms with Gasteiger partial charge in [-0.15, -0.1) is 0 Å². The van der Waals surface area contributed by atoms with E-state index < -0.39 is 25.7 Å². The monoisotopic (exact) mass is 563 g/mol. The highest BCUT2D eigenvalue weighted by Crippen LogP contribution is 2.43. The van der Waals surface area contributed by atoms with Crippen LogP contribution in [0.25, 0.3) is 0 Å². The second kappa shape index (κ2) is 12.6. The Hall–Kier alpha value is -2.17. The topological polar surface area (TPSA) is 99.2 Å². The van der Waals surface area contributed by atoms with Crippen molar-refractivity contribution < 1.29 is 28.2 Å². The van der Waals surface area contributed by atoms with Crippen LogP contribution in [0.4, 0.5) is 5.69 Å². The van der Waals surface area contributed by atoms with Crippen LogP contribution in [0.15, 0.2) is 12.1 Å². The van der Waals surface area contributed by atoms with Crippen LogP contribution in [0, 0.1) is 11.8 Å². The molecule has 9 nitrogen and oxygen atoms in total. The van der Waals surface area contributed by atoms with E-state index in [0.717, 1.165) is 31.8 Å². The molecule has 1 aliphatic carbocycles. The number of nitrogens with one attached hydrogen (secondary N) is 1. The van der Waals surface area contributed by atoms with Gasteiger partial charge in [0.05, 0.1) is 19.3 Å². The first kappa shape index (κ1) is 31.4. The minimum absolute atomic E-state index is 0.167. The molecule has 2 heterocycles. The van der Waals surface area contributed by atoms with Crippen molar-refractivity contribution in [3.05, 3.63) is 17.8 Å². The Kier molecular flexibility index (Phi) is 10.1. The molecule has 1 N–H and O–H groups in total. The van der Waals surface area contributed by atoms with Gasteiger partial charge in [-0.1, -0.05) is 34.6 Å². The van der Waals surface area contributed by atoms with Gasteiger partial charge >= 0.3 is 5.97 Å². The van der Waals surface area contributed by atoms with Gasteiger partial charge in [-0.3, -0.25) is 4.79 Å². The van der Waals surface area contributed by atoms with E-state index in [0.29, 0.717) is 37.2 Å². The molecule has 2 atom stereocenters. The number of hydrogen-bond acceptors (Lipinski definition) is 8. The Labute approximate surface area is 235 Å². The number of methoxy groups -OCH3 is 1. The molecule has 1 saturated carbocycles. The van der Waals surface area contributed by atoms with Gasteiger partial charge in [0.2, 0.25) is 5.88 Å². The van der Waals surface area contributed by atoms with Gasteiger partial charge in [0.15, 0.2) is 8.32 Å². The highest BCUT2D eigenvalue weighted by molar-refractivity contribution is 6.74. The van der Waals surface area contributed by atoms with Gasteiger partial charge in [0.25, 0.3) is 5.91 Å². The molecule has 2 fully saturated rings. The van der Waals surface area contributed by atoms with Crippen LogP contribution < -0.4 is 15.0 Å². The molecule has 1 amide bonds. The van der Waals surface area contributed by atoms with Gasteiger partial charge in [-0.25, -0.2) is 9.78 Å². The lowest BCUT2D eigenvalue weighted by atomic mass is 9.92. The van der Waals surface area contributed by atoms with Crippen LogP contribution >= 0.6 is 0 Å². The number of pyridine rings is 1. The largest absolute Gasteiger partial charge is 0.476 e. The molecule has 0 aromatic carbocycles. The highest BCUT2D eigenvalue weighted by atomic mass is 28.4. The number of hydrogen-bond donors (Lipinski definition) is 1. The molecule has 0 spiro atoms. The molecule has 0 unspecified atom stereocenters. The van der Waals surface area contributed by atoms with E-state index in [1.807, 2.05) is 19.9 Å². The zero-order chi connectivity index (χ0) is 29.0. The molecular weight excluding hydrogens is 514 g/mol. The fourth-order valence-corrected chi connectivity index (χ4v) is 5.51. The third kappa shape index (κ3) is 7.32. The van der Waals surface area contributed by atoms with Crippen molar-refractivity contribution in [1.82, 2.24) is 10.3 Å². The van der Waals surface area contributed by atoms with E-state index in [1.54, 1.807) is 20.1 Å². The van der Waals surface area contributed by atoms with E-state index in [2.05, 4.69) is 49.1 Å². The van der Waals surface area contributed by atoms with Crippen molar-refractivity contribution in [3.8, 4) is 5.88 Å². The summed E-state index contributed by atoms with van der Waals surface area (Å²) in [5.41, 5.74) is -0.0397. The summed E-state index contributed by atoms with van der Waals surface area (Å²) in [4.78, 5) is 32.7. The summed E-state index contributed by atoms with van der Waals surface area (Å²) in [7, 11) is -0.0747. The SMILES string of the molecule is CCOC(=O)C(CC)(CC)NC(=O)c1ccc(N2CC(OC)C2)c(OC[C@H]2C[C@@H]2CO[Si](C)(C)C(C)(C)C)n1. The molecule has 0 bridgehead atoms. The first-order valence-electron chi connectivity index (χ1n) is 14.4. The molecule has 10 heteroatoms. The predicted octanol–water partition coefficient (Wildman–Crippen LogP) is 4.81. The second-order valence-corrected chi connectivity index (χ2v) is 17.2. The fraction of sp³-hybridized carbons (Fsp3) is 0.759. The maximum Gasteiger partial charge on any atom is 0.331 e. The lowest BCUT2D eigenvalue weighted by Crippen LogP contribution is -2.54. The number of ether oxygens (including phenoxy) is 3. The average molecular weight is 564 g/mol. The zero-order valence-electron chi connectivity index (χ0n) is 25.4. The Balaban J connectivity index is 1.71. The van der Waals surface area contributed by atoms with Crippen LogP contribution in [-0.2, 0) is 18.7 Å². The Bertz CT molecular complexity index is 1000. The van der Waals surface area contributed by atoms with E-state index in [1.165, 1.54) is 0 Å². The van der Waals surface area contributed by atoms with E-state index in [-0.39, 0.29) is 23.4 Å². The maximum atomic E-state index is 13.3. The number of anilines is 1. The Morgan fingerprint density at radius 1 is 1.08 bits per heavy atom. The first-order chi connectivity index (χ1) is 18.3. The van der Waals surface area contributed by atoms with Crippen LogP contribution in [0.1, 0.15) is 71.3 Å². The summed E-state index contributed by atoms with van der Waals surface area (Å²) >= 11 is 0. The van der Waals surface area contributed by atoms with Crippen molar-refractivity contribution in [3.63, 3.8) is 0 Å². The standard InChI is InChI=1S/C29H49N3O6Si/c1-10-29(11-2,27(34)36-12-3)31-25(33)23-13-14-24(32-16-22(17-32)35-7)26(30-23)37-18-20-15-21(20)19-38-39(8,9)28(4,5)6/h13-14,20-22H,10-12,15-19H2,1-9H3,(H,31,33)/t20-,21-/m1/s1. The summed E-state index contributed by atoms with van der Waals surface area (Å²) in [6, 6.07) is 3.56. The highest BCUT2D eigenvalue weighted by Gasteiger charge is 2.43. The number of nitrogens with zero attached hydrogens (tertiary/aromatic N) is 2. The lowest BCUT2D eigenvalue weighted by Gasteiger charge is -2.40. The number of aromatic nitrogens is 1. The zero-order valence-corrected chi connectivity index (χ0v) is 26.4. The van der Waals surface area contributed by atoms with Gasteiger partial charge in [-0.2, -0.15) is 0 Å². The third-order valence-electron chi connectivity index (χ3n) is 8.79. The quantitative estimate of drug-likeness (QED) is 0.254. The van der Waals surface area contributed by atoms with Crippen molar-refractivity contribution >= 4 is 25.9 Å². The van der Waals surface area contributed by atoms with Crippen molar-refractivity contribution in [2.75, 3.05) is 44.9 Å². The van der Waals surface area contributed by atoms with Gasteiger partial charge < -0.3 is 28.9 Å². The summed E-state index contributed by atoms with van der Waals surface area (Å²) in [6.07, 6.45) is 2.07. The van der Waals surface area contributed by atoms with Crippen LogP contribution in [0.5, 0.6) is 5.88 Å². The number of amides is 1. The fourth-order valence-electron chi connectivity index (χ4n) is 4.44. The molecule has 39 heavy (non-hydrogen) atoms. The number of rotatable bonds is 14. The number of carbonyl (C=O) groups excluding carboxylic acids is 2. The van der Waals surface area contributed by atoms with Crippen molar-refractivity contribution in [2.24, 2.45) is 11.8 Å². The van der Waals surface area contributed by atoms with E-state index >= 15 is 0 Å². The van der Waals surface area contributed by atoms with Crippen LogP contribution in [0.2, 0.25) is 18.1 Å². The smallest absolute Gasteiger partial charge is 0.331 e. The van der Waals surface area contributed by atoms with Gasteiger partial charge in [0, 0.05) is 26.8 Å². The Morgan fingerprint density at radius 2 is 1.72 bits per heavy atom. The summed E-state index contributed by atoms with van der Waals surface area (Å²) < 4.78 is 23.4. The minimum Gasteiger partial charge on any atom is -0.476 e. The molecule has 1 saturated heterocycles. The lowest BCUT2D eigenvalue weighted by molar-refractivity contribution is -0.151. The van der Waals surface area contributed by atoms with Crippen molar-refractivity contribution in [2.45, 2.75) is 90.6 Å². The number of esters is 1. The summed E-state index contributed by atoms with van der Waals surface area (Å²) in [5.74, 6) is 0.468. The predicted molar refractivity (Wildman–Crippen MR) is 155 cm³/mol. The molecule has 1 aliphatic heterocycles.